The Kier molecular flexibility index (Phi) is 4.19. The molecule has 3 aromatic rings. The minimum absolute atomic E-state index is 0.0621. The number of benzene rings is 3. The van der Waals surface area contributed by atoms with Crippen molar-refractivity contribution < 1.29 is 34.0 Å². The highest BCUT2D eigenvalue weighted by Crippen LogP contribution is 2.60. The molecule has 0 saturated heterocycles. The predicted molar refractivity (Wildman–Crippen MR) is 111 cm³/mol. The van der Waals surface area contributed by atoms with E-state index in [0.717, 1.165) is 0 Å². The molecule has 9 heteroatoms. The van der Waals surface area contributed by atoms with Gasteiger partial charge in [0.05, 0.1) is 41.0 Å². The molecule has 0 unspecified atom stereocenters. The van der Waals surface area contributed by atoms with Crippen molar-refractivity contribution in [2.45, 2.75) is 5.60 Å². The van der Waals surface area contributed by atoms with Gasteiger partial charge in [0.1, 0.15) is 11.5 Å². The Hall–Kier alpha value is -3.29. The van der Waals surface area contributed by atoms with Gasteiger partial charge in [-0.1, -0.05) is 29.3 Å². The number of halogens is 2. The summed E-state index contributed by atoms with van der Waals surface area (Å²) in [5.41, 5.74) is -0.170. The summed E-state index contributed by atoms with van der Waals surface area (Å²) in [5.74, 6) is -0.293. The van der Waals surface area contributed by atoms with Crippen LogP contribution in [0, 0.1) is 0 Å². The van der Waals surface area contributed by atoms with Crippen molar-refractivity contribution in [2.24, 2.45) is 0 Å². The van der Waals surface area contributed by atoms with Gasteiger partial charge in [0, 0.05) is 17.7 Å². The highest BCUT2D eigenvalue weighted by Gasteiger charge is 2.55. The van der Waals surface area contributed by atoms with Gasteiger partial charge in [0.2, 0.25) is 0 Å². The second-order valence-electron chi connectivity index (χ2n) is 7.00. The molecule has 7 nitrogen and oxygen atoms in total. The first-order chi connectivity index (χ1) is 14.8. The maximum atomic E-state index is 13.0. The van der Waals surface area contributed by atoms with Crippen LogP contribution >= 0.6 is 23.2 Å². The van der Waals surface area contributed by atoms with Crippen molar-refractivity contribution in [3.8, 4) is 34.5 Å². The average Bonchev–Trinajstić information content (AvgIpc) is 3.03. The van der Waals surface area contributed by atoms with E-state index in [4.69, 9.17) is 42.1 Å². The van der Waals surface area contributed by atoms with Crippen LogP contribution in [-0.4, -0.2) is 30.4 Å². The molecule has 3 aromatic carbocycles. The van der Waals surface area contributed by atoms with Crippen LogP contribution in [0.25, 0.3) is 0 Å². The quantitative estimate of drug-likeness (QED) is 0.520. The number of carbonyl (C=O) groups excluding carboxylic acids is 1. The summed E-state index contributed by atoms with van der Waals surface area (Å²) >= 11 is 12.5. The van der Waals surface area contributed by atoms with Gasteiger partial charge in [-0.15, -0.1) is 0 Å². The number of hydrogen-bond donors (Lipinski definition) is 2. The molecule has 0 bridgehead atoms. The van der Waals surface area contributed by atoms with Crippen molar-refractivity contribution in [2.75, 3.05) is 14.2 Å². The van der Waals surface area contributed by atoms with E-state index in [1.54, 1.807) is 12.1 Å². The zero-order valence-corrected chi connectivity index (χ0v) is 17.7. The second kappa shape index (κ2) is 6.60. The van der Waals surface area contributed by atoms with E-state index in [9.17, 15) is 15.0 Å². The fourth-order valence-electron chi connectivity index (χ4n) is 4.10. The lowest BCUT2D eigenvalue weighted by Gasteiger charge is -2.37. The molecule has 1 spiro atoms. The third-order valence-corrected chi connectivity index (χ3v) is 6.27. The minimum Gasteiger partial charge on any atom is -0.504 e. The molecule has 5 rings (SSSR count). The summed E-state index contributed by atoms with van der Waals surface area (Å²) in [5, 5.41) is 20.8. The largest absolute Gasteiger partial charge is 0.504 e. The molecule has 2 aliphatic heterocycles. The number of carbonyl (C=O) groups is 1. The SMILES string of the molecule is COc1cc2c(cc1O)Oc1cc(O)c(OC)cc1C21OC(=O)c2c1ccc(Cl)c2Cl. The second-order valence-corrected chi connectivity index (χ2v) is 7.78. The zero-order valence-electron chi connectivity index (χ0n) is 16.2. The Morgan fingerprint density at radius 2 is 1.42 bits per heavy atom. The van der Waals surface area contributed by atoms with Crippen LogP contribution in [0.1, 0.15) is 27.0 Å². The number of phenols is 2. The summed E-state index contributed by atoms with van der Waals surface area (Å²) in [4.78, 5) is 13.0. The van der Waals surface area contributed by atoms with Crippen LogP contribution in [0.3, 0.4) is 0 Å². The first-order valence-corrected chi connectivity index (χ1v) is 9.80. The van der Waals surface area contributed by atoms with Gasteiger partial charge >= 0.3 is 5.97 Å². The van der Waals surface area contributed by atoms with Gasteiger partial charge in [-0.3, -0.25) is 0 Å². The monoisotopic (exact) mass is 460 g/mol. The summed E-state index contributed by atoms with van der Waals surface area (Å²) in [6.07, 6.45) is 0. The zero-order chi connectivity index (χ0) is 22.1. The molecule has 0 radical (unpaired) electrons. The van der Waals surface area contributed by atoms with E-state index >= 15 is 0 Å². The van der Waals surface area contributed by atoms with E-state index in [1.165, 1.54) is 38.5 Å². The van der Waals surface area contributed by atoms with Gasteiger partial charge in [-0.05, 0) is 18.2 Å². The number of rotatable bonds is 2. The van der Waals surface area contributed by atoms with E-state index in [2.05, 4.69) is 0 Å². The van der Waals surface area contributed by atoms with Crippen LogP contribution in [-0.2, 0) is 10.3 Å². The lowest BCUT2D eigenvalue weighted by atomic mass is 9.77. The molecule has 0 fully saturated rings. The highest BCUT2D eigenvalue weighted by molar-refractivity contribution is 6.44. The fraction of sp³-hybridized carbons (Fsp3) is 0.136. The topological polar surface area (TPSA) is 94.5 Å². The molecule has 0 aliphatic carbocycles. The van der Waals surface area contributed by atoms with Crippen LogP contribution in [0.5, 0.6) is 34.5 Å². The van der Waals surface area contributed by atoms with Crippen molar-refractivity contribution in [1.82, 2.24) is 0 Å². The van der Waals surface area contributed by atoms with Gasteiger partial charge in [-0.2, -0.15) is 0 Å². The van der Waals surface area contributed by atoms with Gasteiger partial charge in [-0.25, -0.2) is 4.79 Å². The summed E-state index contributed by atoms with van der Waals surface area (Å²) in [7, 11) is 2.80. The van der Waals surface area contributed by atoms with E-state index < -0.39 is 11.6 Å². The number of fused-ring (bicyclic) bond motifs is 6. The molecule has 0 atom stereocenters. The Morgan fingerprint density at radius 3 is 1.94 bits per heavy atom. The number of ether oxygens (including phenoxy) is 4. The third-order valence-electron chi connectivity index (χ3n) is 5.46. The number of aromatic hydroxyl groups is 2. The Labute approximate surface area is 186 Å². The normalized spacial score (nSPS) is 14.9. The Morgan fingerprint density at radius 1 is 0.871 bits per heavy atom. The number of methoxy groups -OCH3 is 2. The maximum Gasteiger partial charge on any atom is 0.341 e. The summed E-state index contributed by atoms with van der Waals surface area (Å²) in [6, 6.07) is 8.96. The molecule has 2 N–H and O–H groups in total. The molecule has 158 valence electrons. The van der Waals surface area contributed by atoms with Gasteiger partial charge in [0.15, 0.2) is 28.6 Å². The van der Waals surface area contributed by atoms with Crippen LogP contribution < -0.4 is 14.2 Å². The smallest absolute Gasteiger partial charge is 0.341 e. The molecule has 2 heterocycles. The maximum absolute atomic E-state index is 13.0. The van der Waals surface area contributed by atoms with Gasteiger partial charge < -0.3 is 29.2 Å². The first kappa shape index (κ1) is 19.7. The van der Waals surface area contributed by atoms with Crippen molar-refractivity contribution in [3.63, 3.8) is 0 Å². The van der Waals surface area contributed by atoms with Crippen molar-refractivity contribution in [3.05, 3.63) is 68.7 Å². The summed E-state index contributed by atoms with van der Waals surface area (Å²) < 4.78 is 22.5. The molecule has 31 heavy (non-hydrogen) atoms. The van der Waals surface area contributed by atoms with E-state index in [1.807, 2.05) is 0 Å². The standard InChI is InChI=1S/C22H14Cl2O7/c1-28-17-5-10-15(7-13(17)25)30-16-8-14(26)18(29-2)6-11(16)22(10)9-3-4-12(23)20(24)19(9)21(27)31-22/h3-8,25-26H,1-2H3. The van der Waals surface area contributed by atoms with Crippen LogP contribution in [0.4, 0.5) is 0 Å². The molecule has 0 amide bonds. The van der Waals surface area contributed by atoms with Crippen LogP contribution in [0.15, 0.2) is 36.4 Å². The van der Waals surface area contributed by atoms with Gasteiger partial charge in [0.25, 0.3) is 0 Å². The highest BCUT2D eigenvalue weighted by atomic mass is 35.5. The Balaban J connectivity index is 1.93. The lowest BCUT2D eigenvalue weighted by Crippen LogP contribution is -2.33. The molecule has 2 aliphatic rings. The minimum atomic E-state index is -1.51. The van der Waals surface area contributed by atoms with Crippen molar-refractivity contribution in [1.29, 1.82) is 0 Å². The molecule has 0 aromatic heterocycles. The molecular formula is C22H14Cl2O7. The molecular weight excluding hydrogens is 447 g/mol. The number of phenolic OH excluding ortho intramolecular Hbond substituents is 2. The summed E-state index contributed by atoms with van der Waals surface area (Å²) in [6.45, 7) is 0. The fourth-order valence-corrected chi connectivity index (χ4v) is 4.50. The number of hydrogen-bond acceptors (Lipinski definition) is 7. The molecule has 0 saturated carbocycles. The van der Waals surface area contributed by atoms with E-state index in [0.29, 0.717) is 16.7 Å². The number of esters is 1. The third kappa shape index (κ3) is 2.50. The van der Waals surface area contributed by atoms with Crippen molar-refractivity contribution >= 4 is 29.2 Å². The Bertz CT molecular complexity index is 1230. The lowest BCUT2D eigenvalue weighted by molar-refractivity contribution is 0.0222. The van der Waals surface area contributed by atoms with E-state index in [-0.39, 0.29) is 50.1 Å². The first-order valence-electron chi connectivity index (χ1n) is 9.04. The predicted octanol–water partition coefficient (Wildman–Crippen LogP) is 4.99. The average molecular weight is 461 g/mol. The van der Waals surface area contributed by atoms with Crippen LogP contribution in [0.2, 0.25) is 10.0 Å².